The van der Waals surface area contributed by atoms with E-state index in [-0.39, 0.29) is 5.92 Å². The van der Waals surface area contributed by atoms with Crippen LogP contribution in [0.5, 0.6) is 5.75 Å². The standard InChI is InChI=1S/C19H24N2O2/c1-3-23-18-16(19(21)22)12-11-15(17(18)20)13(2)9-10-14-7-5-4-6-8-14/h4-8,11-13H,3,9-10,20H2,1-2H3,(H2,21,22). The Hall–Kier alpha value is -2.49. The van der Waals surface area contributed by atoms with Crippen molar-refractivity contribution < 1.29 is 9.53 Å². The van der Waals surface area contributed by atoms with Crippen LogP contribution >= 0.6 is 0 Å². The third-order valence-corrected chi connectivity index (χ3v) is 4.02. The van der Waals surface area contributed by atoms with E-state index in [4.69, 9.17) is 16.2 Å². The molecule has 2 aromatic carbocycles. The smallest absolute Gasteiger partial charge is 0.252 e. The molecule has 0 aromatic heterocycles. The fraction of sp³-hybridized carbons (Fsp3) is 0.316. The van der Waals surface area contributed by atoms with E-state index in [9.17, 15) is 4.79 Å². The van der Waals surface area contributed by atoms with Gasteiger partial charge in [-0.3, -0.25) is 4.79 Å². The molecule has 2 aromatic rings. The number of nitrogens with two attached hydrogens (primary N) is 2. The number of primary amides is 1. The minimum absolute atomic E-state index is 0.260. The van der Waals surface area contributed by atoms with E-state index in [1.165, 1.54) is 5.56 Å². The Morgan fingerprint density at radius 1 is 1.17 bits per heavy atom. The zero-order valence-electron chi connectivity index (χ0n) is 13.7. The Morgan fingerprint density at radius 2 is 1.87 bits per heavy atom. The molecule has 0 aliphatic heterocycles. The number of carbonyl (C=O) groups excluding carboxylic acids is 1. The van der Waals surface area contributed by atoms with E-state index in [0.29, 0.717) is 23.6 Å². The van der Waals surface area contributed by atoms with Crippen molar-refractivity contribution in [2.24, 2.45) is 5.73 Å². The third kappa shape index (κ3) is 4.03. The summed E-state index contributed by atoms with van der Waals surface area (Å²) in [6.45, 7) is 4.43. The quantitative estimate of drug-likeness (QED) is 0.768. The Kier molecular flexibility index (Phi) is 5.63. The number of aryl methyl sites for hydroxylation is 1. The van der Waals surface area contributed by atoms with Crippen molar-refractivity contribution in [2.45, 2.75) is 32.6 Å². The molecule has 1 unspecified atom stereocenters. The van der Waals surface area contributed by atoms with E-state index in [1.54, 1.807) is 6.07 Å². The van der Waals surface area contributed by atoms with Gasteiger partial charge >= 0.3 is 0 Å². The van der Waals surface area contributed by atoms with Gasteiger partial charge in [0, 0.05) is 0 Å². The van der Waals surface area contributed by atoms with Gasteiger partial charge in [-0.1, -0.05) is 43.3 Å². The molecule has 0 saturated heterocycles. The van der Waals surface area contributed by atoms with Crippen molar-refractivity contribution in [1.29, 1.82) is 0 Å². The Bertz CT molecular complexity index is 669. The molecule has 0 radical (unpaired) electrons. The number of hydrogen-bond donors (Lipinski definition) is 2. The predicted octanol–water partition coefficient (Wildman–Crippen LogP) is 3.50. The Morgan fingerprint density at radius 3 is 2.48 bits per heavy atom. The van der Waals surface area contributed by atoms with Gasteiger partial charge in [-0.05, 0) is 42.9 Å². The van der Waals surface area contributed by atoms with E-state index in [0.717, 1.165) is 18.4 Å². The largest absolute Gasteiger partial charge is 0.491 e. The lowest BCUT2D eigenvalue weighted by Crippen LogP contribution is -2.15. The van der Waals surface area contributed by atoms with E-state index < -0.39 is 5.91 Å². The van der Waals surface area contributed by atoms with Crippen LogP contribution in [0.4, 0.5) is 5.69 Å². The van der Waals surface area contributed by atoms with Crippen LogP contribution in [0.2, 0.25) is 0 Å². The summed E-state index contributed by atoms with van der Waals surface area (Å²) in [7, 11) is 0. The van der Waals surface area contributed by atoms with Crippen LogP contribution in [0.3, 0.4) is 0 Å². The van der Waals surface area contributed by atoms with Gasteiger partial charge in [-0.2, -0.15) is 0 Å². The van der Waals surface area contributed by atoms with Gasteiger partial charge in [-0.25, -0.2) is 0 Å². The van der Waals surface area contributed by atoms with Gasteiger partial charge < -0.3 is 16.2 Å². The summed E-state index contributed by atoms with van der Waals surface area (Å²) in [6, 6.07) is 13.9. The molecule has 4 nitrogen and oxygen atoms in total. The molecule has 0 aliphatic rings. The first kappa shape index (κ1) is 16.9. The monoisotopic (exact) mass is 312 g/mol. The van der Waals surface area contributed by atoms with Crippen LogP contribution in [0.1, 0.15) is 47.7 Å². The maximum absolute atomic E-state index is 11.5. The van der Waals surface area contributed by atoms with Gasteiger partial charge in [0.25, 0.3) is 5.91 Å². The fourth-order valence-electron chi connectivity index (χ4n) is 2.72. The molecule has 23 heavy (non-hydrogen) atoms. The topological polar surface area (TPSA) is 78.3 Å². The summed E-state index contributed by atoms with van der Waals surface area (Å²) in [5, 5.41) is 0. The zero-order valence-corrected chi connectivity index (χ0v) is 13.7. The molecule has 1 amide bonds. The lowest BCUT2D eigenvalue weighted by molar-refractivity contribution is 0.0996. The molecule has 0 heterocycles. The van der Waals surface area contributed by atoms with Crippen LogP contribution in [-0.4, -0.2) is 12.5 Å². The number of ether oxygens (including phenoxy) is 1. The average Bonchev–Trinajstić information content (AvgIpc) is 2.55. The first-order valence-corrected chi connectivity index (χ1v) is 7.93. The predicted molar refractivity (Wildman–Crippen MR) is 93.7 cm³/mol. The summed E-state index contributed by atoms with van der Waals surface area (Å²) in [6.07, 6.45) is 1.94. The Balaban J connectivity index is 2.21. The van der Waals surface area contributed by atoms with Crippen molar-refractivity contribution in [1.82, 2.24) is 0 Å². The fourth-order valence-corrected chi connectivity index (χ4v) is 2.72. The van der Waals surface area contributed by atoms with Gasteiger partial charge in [-0.15, -0.1) is 0 Å². The highest BCUT2D eigenvalue weighted by Gasteiger charge is 2.19. The molecule has 2 rings (SSSR count). The third-order valence-electron chi connectivity index (χ3n) is 4.02. The number of amides is 1. The van der Waals surface area contributed by atoms with Crippen molar-refractivity contribution >= 4 is 11.6 Å². The number of nitrogen functional groups attached to an aromatic ring is 1. The number of carbonyl (C=O) groups is 1. The summed E-state index contributed by atoms with van der Waals surface area (Å²) >= 11 is 0. The SMILES string of the molecule is CCOc1c(C(N)=O)ccc(C(C)CCc2ccccc2)c1N. The first-order chi connectivity index (χ1) is 11.0. The van der Waals surface area contributed by atoms with Crippen LogP contribution in [0.25, 0.3) is 0 Å². The van der Waals surface area contributed by atoms with Crippen molar-refractivity contribution in [3.8, 4) is 5.75 Å². The van der Waals surface area contributed by atoms with Crippen LogP contribution < -0.4 is 16.2 Å². The Labute approximate surface area is 137 Å². The number of rotatable bonds is 7. The second-order valence-electron chi connectivity index (χ2n) is 5.67. The molecule has 0 bridgehead atoms. The van der Waals surface area contributed by atoms with Crippen molar-refractivity contribution in [2.75, 3.05) is 12.3 Å². The van der Waals surface area contributed by atoms with E-state index in [2.05, 4.69) is 19.1 Å². The minimum atomic E-state index is -0.524. The van der Waals surface area contributed by atoms with Gasteiger partial charge in [0.15, 0.2) is 5.75 Å². The van der Waals surface area contributed by atoms with Gasteiger partial charge in [0.2, 0.25) is 0 Å². The molecule has 4 heteroatoms. The highest BCUT2D eigenvalue weighted by molar-refractivity contribution is 5.97. The van der Waals surface area contributed by atoms with Crippen molar-refractivity contribution in [3.05, 3.63) is 59.2 Å². The zero-order chi connectivity index (χ0) is 16.8. The highest BCUT2D eigenvalue weighted by atomic mass is 16.5. The van der Waals surface area contributed by atoms with Gasteiger partial charge in [0.05, 0.1) is 17.9 Å². The maximum atomic E-state index is 11.5. The number of hydrogen-bond acceptors (Lipinski definition) is 3. The molecule has 0 aliphatic carbocycles. The molecular weight excluding hydrogens is 288 g/mol. The molecular formula is C19H24N2O2. The van der Waals surface area contributed by atoms with Crippen LogP contribution in [-0.2, 0) is 6.42 Å². The van der Waals surface area contributed by atoms with E-state index >= 15 is 0 Å². The normalized spacial score (nSPS) is 11.9. The molecule has 1 atom stereocenters. The van der Waals surface area contributed by atoms with E-state index in [1.807, 2.05) is 31.2 Å². The second-order valence-corrected chi connectivity index (χ2v) is 5.67. The van der Waals surface area contributed by atoms with Gasteiger partial charge in [0.1, 0.15) is 0 Å². The summed E-state index contributed by atoms with van der Waals surface area (Å²) in [4.78, 5) is 11.5. The first-order valence-electron chi connectivity index (χ1n) is 7.93. The lowest BCUT2D eigenvalue weighted by atomic mass is 9.91. The minimum Gasteiger partial charge on any atom is -0.491 e. The second kappa shape index (κ2) is 7.68. The number of benzene rings is 2. The summed E-state index contributed by atoms with van der Waals surface area (Å²) < 4.78 is 5.56. The molecule has 0 spiro atoms. The van der Waals surface area contributed by atoms with Crippen LogP contribution in [0.15, 0.2) is 42.5 Å². The average molecular weight is 312 g/mol. The maximum Gasteiger partial charge on any atom is 0.252 e. The van der Waals surface area contributed by atoms with Crippen molar-refractivity contribution in [3.63, 3.8) is 0 Å². The number of anilines is 1. The lowest BCUT2D eigenvalue weighted by Gasteiger charge is -2.19. The highest BCUT2D eigenvalue weighted by Crippen LogP contribution is 2.35. The molecule has 0 fully saturated rings. The summed E-state index contributed by atoms with van der Waals surface area (Å²) in [5.41, 5.74) is 14.8. The summed E-state index contributed by atoms with van der Waals surface area (Å²) in [5.74, 6) is 0.143. The molecule has 0 saturated carbocycles. The molecule has 4 N–H and O–H groups in total. The molecule has 122 valence electrons. The van der Waals surface area contributed by atoms with Crippen LogP contribution in [0, 0.1) is 0 Å².